The van der Waals surface area contributed by atoms with Gasteiger partial charge in [0, 0.05) is 0 Å². The molecule has 0 N–H and O–H groups in total. The van der Waals surface area contributed by atoms with Crippen molar-refractivity contribution in [2.45, 2.75) is 73.3 Å². The molecule has 0 aliphatic heterocycles. The molecule has 23 heavy (non-hydrogen) atoms. The molecule has 2 aromatic carbocycles. The standard InChI is InChI=1S/C20H28O.C2H6/c1-14(2)11-15(3)16-7-8-18-13-19(21-20(4,5)6)10-9-17(18)12-16;1-2/h7-10,12-15H,11H2,1-6H3;1-2H3. The number of ether oxygens (including phenoxy) is 1. The van der Waals surface area contributed by atoms with Crippen LogP contribution in [0.25, 0.3) is 10.8 Å². The average Bonchev–Trinajstić information content (AvgIpc) is 2.46. The van der Waals surface area contributed by atoms with Gasteiger partial charge in [-0.15, -0.1) is 0 Å². The number of benzene rings is 2. The van der Waals surface area contributed by atoms with Gasteiger partial charge >= 0.3 is 0 Å². The van der Waals surface area contributed by atoms with Crippen molar-refractivity contribution in [3.8, 4) is 5.75 Å². The maximum absolute atomic E-state index is 5.94. The van der Waals surface area contributed by atoms with E-state index in [0.717, 1.165) is 11.7 Å². The largest absolute Gasteiger partial charge is 0.488 e. The van der Waals surface area contributed by atoms with Crippen molar-refractivity contribution in [1.29, 1.82) is 0 Å². The highest BCUT2D eigenvalue weighted by Crippen LogP contribution is 2.29. The SMILES string of the molecule is CC.CC(C)CC(C)c1ccc2cc(OC(C)(C)C)ccc2c1. The van der Waals surface area contributed by atoms with E-state index in [1.807, 2.05) is 13.8 Å². The van der Waals surface area contributed by atoms with E-state index < -0.39 is 0 Å². The van der Waals surface area contributed by atoms with Crippen molar-refractivity contribution in [2.75, 3.05) is 0 Å². The number of rotatable bonds is 4. The molecule has 0 amide bonds. The van der Waals surface area contributed by atoms with Gasteiger partial charge in [-0.2, -0.15) is 0 Å². The lowest BCUT2D eigenvalue weighted by molar-refractivity contribution is 0.131. The second kappa shape index (κ2) is 8.38. The fraction of sp³-hybridized carbons (Fsp3) is 0.545. The maximum Gasteiger partial charge on any atom is 0.120 e. The van der Waals surface area contributed by atoms with Gasteiger partial charge in [0.2, 0.25) is 0 Å². The number of hydrogen-bond donors (Lipinski definition) is 0. The van der Waals surface area contributed by atoms with Crippen molar-refractivity contribution in [2.24, 2.45) is 5.92 Å². The van der Waals surface area contributed by atoms with E-state index in [1.54, 1.807) is 0 Å². The molecule has 0 bridgehead atoms. The molecule has 128 valence electrons. The van der Waals surface area contributed by atoms with Crippen molar-refractivity contribution >= 4 is 10.8 Å². The van der Waals surface area contributed by atoms with Gasteiger partial charge in [-0.1, -0.05) is 58.9 Å². The Bertz CT molecular complexity index is 605. The van der Waals surface area contributed by atoms with Crippen LogP contribution in [0.3, 0.4) is 0 Å². The fourth-order valence-corrected chi connectivity index (χ4v) is 2.81. The van der Waals surface area contributed by atoms with Gasteiger partial charge in [0.25, 0.3) is 0 Å². The van der Waals surface area contributed by atoms with E-state index in [0.29, 0.717) is 5.92 Å². The van der Waals surface area contributed by atoms with Gasteiger partial charge in [-0.25, -0.2) is 0 Å². The molecule has 0 aromatic heterocycles. The second-order valence-electron chi connectivity index (χ2n) is 7.51. The van der Waals surface area contributed by atoms with Gasteiger partial charge in [-0.3, -0.25) is 0 Å². The number of hydrogen-bond acceptors (Lipinski definition) is 1. The molecular weight excluding hydrogens is 280 g/mol. The van der Waals surface area contributed by atoms with Crippen molar-refractivity contribution in [3.63, 3.8) is 0 Å². The summed E-state index contributed by atoms with van der Waals surface area (Å²) in [5, 5.41) is 2.54. The van der Waals surface area contributed by atoms with Gasteiger partial charge < -0.3 is 4.74 Å². The molecule has 1 atom stereocenters. The van der Waals surface area contributed by atoms with Crippen LogP contribution in [0, 0.1) is 5.92 Å². The molecule has 0 saturated carbocycles. The topological polar surface area (TPSA) is 9.23 Å². The van der Waals surface area contributed by atoms with E-state index in [9.17, 15) is 0 Å². The Morgan fingerprint density at radius 1 is 0.870 bits per heavy atom. The lowest BCUT2D eigenvalue weighted by atomic mass is 9.91. The van der Waals surface area contributed by atoms with Gasteiger partial charge in [0.05, 0.1) is 0 Å². The molecule has 1 nitrogen and oxygen atoms in total. The van der Waals surface area contributed by atoms with Crippen LogP contribution in [0.4, 0.5) is 0 Å². The Balaban J connectivity index is 0.00000127. The van der Waals surface area contributed by atoms with Crippen LogP contribution < -0.4 is 4.74 Å². The van der Waals surface area contributed by atoms with Crippen LogP contribution in [-0.2, 0) is 0 Å². The Labute approximate surface area is 143 Å². The van der Waals surface area contributed by atoms with Gasteiger partial charge in [0.1, 0.15) is 11.4 Å². The van der Waals surface area contributed by atoms with Crippen molar-refractivity contribution < 1.29 is 4.74 Å². The van der Waals surface area contributed by atoms with Crippen LogP contribution in [0.15, 0.2) is 36.4 Å². The summed E-state index contributed by atoms with van der Waals surface area (Å²) in [5.74, 6) is 2.29. The molecule has 0 radical (unpaired) electrons. The van der Waals surface area contributed by atoms with E-state index >= 15 is 0 Å². The molecule has 1 heteroatoms. The minimum Gasteiger partial charge on any atom is -0.488 e. The maximum atomic E-state index is 5.94. The third-order valence-corrected chi connectivity index (χ3v) is 3.65. The van der Waals surface area contributed by atoms with E-state index in [-0.39, 0.29) is 5.60 Å². The van der Waals surface area contributed by atoms with Crippen LogP contribution in [-0.4, -0.2) is 5.60 Å². The van der Waals surface area contributed by atoms with Crippen LogP contribution in [0.2, 0.25) is 0 Å². The first-order valence-corrected chi connectivity index (χ1v) is 8.97. The summed E-state index contributed by atoms with van der Waals surface area (Å²) in [6.07, 6.45) is 1.23. The summed E-state index contributed by atoms with van der Waals surface area (Å²) in [4.78, 5) is 0. The first-order chi connectivity index (χ1) is 10.7. The molecule has 0 heterocycles. The molecule has 1 unspecified atom stereocenters. The monoisotopic (exact) mass is 314 g/mol. The molecule has 0 fully saturated rings. The van der Waals surface area contributed by atoms with E-state index in [1.165, 1.54) is 22.8 Å². The van der Waals surface area contributed by atoms with Gasteiger partial charge in [-0.05, 0) is 67.5 Å². The molecule has 0 saturated heterocycles. The molecule has 0 aliphatic rings. The Morgan fingerprint density at radius 2 is 1.43 bits per heavy atom. The van der Waals surface area contributed by atoms with Crippen LogP contribution in [0.1, 0.15) is 73.3 Å². The molecule has 2 aromatic rings. The highest BCUT2D eigenvalue weighted by molar-refractivity contribution is 5.84. The van der Waals surface area contributed by atoms with Crippen LogP contribution in [0.5, 0.6) is 5.75 Å². The van der Waals surface area contributed by atoms with E-state index in [4.69, 9.17) is 4.74 Å². The first kappa shape index (κ1) is 19.5. The molecule has 0 aliphatic carbocycles. The van der Waals surface area contributed by atoms with Crippen LogP contribution >= 0.6 is 0 Å². The average molecular weight is 315 g/mol. The predicted molar refractivity (Wildman–Crippen MR) is 104 cm³/mol. The zero-order valence-corrected chi connectivity index (χ0v) is 16.2. The second-order valence-corrected chi connectivity index (χ2v) is 7.51. The third-order valence-electron chi connectivity index (χ3n) is 3.65. The zero-order valence-electron chi connectivity index (χ0n) is 16.2. The summed E-state index contributed by atoms with van der Waals surface area (Å²) in [6, 6.07) is 13.2. The number of fused-ring (bicyclic) bond motifs is 1. The fourth-order valence-electron chi connectivity index (χ4n) is 2.81. The Morgan fingerprint density at radius 3 is 2.00 bits per heavy atom. The summed E-state index contributed by atoms with van der Waals surface area (Å²) in [6.45, 7) is 17.1. The quantitative estimate of drug-likeness (QED) is 0.580. The molecule has 0 spiro atoms. The normalized spacial score (nSPS) is 12.7. The first-order valence-electron chi connectivity index (χ1n) is 8.97. The predicted octanol–water partition coefficient (Wildman–Crippen LogP) is 7.19. The lowest BCUT2D eigenvalue weighted by Crippen LogP contribution is -2.22. The van der Waals surface area contributed by atoms with Crippen molar-refractivity contribution in [1.82, 2.24) is 0 Å². The lowest BCUT2D eigenvalue weighted by Gasteiger charge is -2.21. The summed E-state index contributed by atoms with van der Waals surface area (Å²) in [5.41, 5.74) is 1.28. The molecular formula is C22H34O. The minimum absolute atomic E-state index is 0.153. The summed E-state index contributed by atoms with van der Waals surface area (Å²) >= 11 is 0. The Hall–Kier alpha value is -1.50. The van der Waals surface area contributed by atoms with E-state index in [2.05, 4.69) is 77.9 Å². The highest BCUT2D eigenvalue weighted by atomic mass is 16.5. The smallest absolute Gasteiger partial charge is 0.120 e. The van der Waals surface area contributed by atoms with Crippen molar-refractivity contribution in [3.05, 3.63) is 42.0 Å². The summed E-state index contributed by atoms with van der Waals surface area (Å²) < 4.78 is 5.94. The summed E-state index contributed by atoms with van der Waals surface area (Å²) in [7, 11) is 0. The van der Waals surface area contributed by atoms with Gasteiger partial charge in [0.15, 0.2) is 0 Å². The third kappa shape index (κ3) is 6.25. The Kier molecular flexibility index (Phi) is 7.12. The highest BCUT2D eigenvalue weighted by Gasteiger charge is 2.12. The zero-order chi connectivity index (χ0) is 17.6. The molecule has 2 rings (SSSR count). The minimum atomic E-state index is -0.153.